The van der Waals surface area contributed by atoms with E-state index in [1.54, 1.807) is 12.4 Å². The zero-order valence-corrected chi connectivity index (χ0v) is 68.2. The highest BCUT2D eigenvalue weighted by Gasteiger charge is 2.22. The first-order chi connectivity index (χ1) is 62.4. The molecule has 11 nitrogen and oxygen atoms in total. The molecule has 18 aromatic carbocycles. The lowest BCUT2D eigenvalue weighted by Gasteiger charge is -2.11. The fraction of sp³-hybridized carbons (Fsp3) is 0. The molecule has 0 N–H and O–H groups in total. The molecule has 0 aliphatic rings. The van der Waals surface area contributed by atoms with Gasteiger partial charge in [0, 0.05) is 69.7 Å². The molecule has 0 radical (unpaired) electrons. The second kappa shape index (κ2) is 29.5. The average molecular weight is 1630 g/mol. The predicted molar refractivity (Wildman–Crippen MR) is 518 cm³/mol. The first-order valence-electron chi connectivity index (χ1n) is 42.1. The maximum Gasteiger partial charge on any atom is 0.246 e. The summed E-state index contributed by atoms with van der Waals surface area (Å²) < 4.78 is 29.5. The van der Waals surface area contributed by atoms with Gasteiger partial charge in [-0.1, -0.05) is 303 Å². The van der Waals surface area contributed by atoms with Crippen LogP contribution in [0, 0.1) is 0 Å². The van der Waals surface area contributed by atoms with E-state index in [2.05, 4.69) is 365 Å². The molecule has 0 aliphatic heterocycles. The zero-order valence-electron chi connectivity index (χ0n) is 67.4. The van der Waals surface area contributed by atoms with Crippen molar-refractivity contribution in [1.29, 1.82) is 0 Å². The third kappa shape index (κ3) is 12.2. The number of furan rings is 4. The van der Waals surface area contributed by atoms with Crippen molar-refractivity contribution in [3.63, 3.8) is 0 Å². The molecule has 0 saturated heterocycles. The Hall–Kier alpha value is -16.8. The number of aromatic nitrogens is 7. The fourth-order valence-corrected chi connectivity index (χ4v) is 19.8. The second-order valence-electron chi connectivity index (χ2n) is 31.9. The van der Waals surface area contributed by atoms with Gasteiger partial charge in [-0.25, -0.2) is 29.9 Å². The largest absolute Gasteiger partial charge is 0.455 e. The molecule has 0 saturated carbocycles. The Morgan fingerprint density at radius 3 is 1.06 bits per heavy atom. The van der Waals surface area contributed by atoms with E-state index in [1.807, 2.05) is 60.0 Å². The number of fused-ring (bicyclic) bond motifs is 24. The van der Waals surface area contributed by atoms with Crippen LogP contribution in [0.2, 0.25) is 0 Å². The molecule has 0 spiro atoms. The van der Waals surface area contributed by atoms with Crippen LogP contribution in [0.1, 0.15) is 0 Å². The van der Waals surface area contributed by atoms with Crippen molar-refractivity contribution in [2.45, 2.75) is 0 Å². The molecular weight excluding hydrogens is 1560 g/mol. The normalized spacial score (nSPS) is 11.8. The summed E-state index contributed by atoms with van der Waals surface area (Å²) in [5, 5.41) is 17.3. The molecule has 9 aromatic heterocycles. The van der Waals surface area contributed by atoms with Crippen LogP contribution in [0.3, 0.4) is 0 Å². The molecule has 0 fully saturated rings. The Kier molecular flexibility index (Phi) is 16.9. The van der Waals surface area contributed by atoms with E-state index in [-0.39, 0.29) is 0 Å². The van der Waals surface area contributed by atoms with Gasteiger partial charge in [-0.05, 0) is 167 Å². The summed E-state index contributed by atoms with van der Waals surface area (Å²) in [6.45, 7) is 0. The lowest BCUT2D eigenvalue weighted by atomic mass is 9.96. The van der Waals surface area contributed by atoms with Gasteiger partial charge in [0.2, 0.25) is 17.1 Å². The van der Waals surface area contributed by atoms with E-state index in [0.29, 0.717) is 17.1 Å². The van der Waals surface area contributed by atoms with Crippen LogP contribution >= 0.6 is 11.3 Å². The van der Waals surface area contributed by atoms with Gasteiger partial charge < -0.3 is 22.2 Å². The average Bonchev–Trinajstić information content (AvgIpc) is 1.60. The third-order valence-electron chi connectivity index (χ3n) is 24.5. The standard InChI is InChI=1S/C38H23N3O.C38H22N2O2.C38H22N2OS/c1-2-14-29-24(9-1)19-20-35-36(29)37-38(42-35)39-23-32(40-37)27-12-7-10-25(21-27)26-11-8-13-28(22-26)41-33-17-5-3-15-30(33)31-16-4-6-18-34(31)41;1-2-13-28-23(8-1)18-19-34-35(28)36-38(42-34)39-22-32(40-36)27-12-6-10-25(21-27)24-9-5-11-26(20-24)29-15-7-16-31-30-14-3-4-17-33(30)41-37(29)31;1-2-13-28-23(8-1)18-19-33-35(28)36-38(41-33)39-22-32(40-36)27-12-6-10-25(21-27)24-9-5-11-26(20-24)29-15-7-16-31-30-14-3-4-17-34(30)42-37(29)31/h1-23H;2*1-22H. The van der Waals surface area contributed by atoms with Crippen LogP contribution in [0.15, 0.2) is 425 Å². The van der Waals surface area contributed by atoms with Crippen molar-refractivity contribution >= 4 is 174 Å². The van der Waals surface area contributed by atoms with Crippen LogP contribution in [-0.4, -0.2) is 34.5 Å². The summed E-state index contributed by atoms with van der Waals surface area (Å²) in [6.07, 6.45) is 5.41. The van der Waals surface area contributed by atoms with Gasteiger partial charge in [-0.15, -0.1) is 11.3 Å². The van der Waals surface area contributed by atoms with E-state index >= 15 is 0 Å². The van der Waals surface area contributed by atoms with Crippen LogP contribution in [-0.2, 0) is 0 Å². The SMILES string of the molecule is c1cc(-c2cccc(-c3cccc4c3oc3ccccc34)c2)cc(-c2cnc3oc4ccc5ccccc5c4c3n2)c1.c1cc(-c2cccc(-c3cccc4c3sc3ccccc34)c2)cc(-c2cnc3oc4ccc5ccccc5c4c3n2)c1.c1cc(-c2cccc(-n3c4ccccc4c4ccccc43)c2)cc(-c2cnc3oc4ccc5ccccc5c4c3n2)c1. The highest BCUT2D eigenvalue weighted by Crippen LogP contribution is 2.45. The molecule has 0 bridgehead atoms. The molecule has 27 aromatic rings. The van der Waals surface area contributed by atoms with Gasteiger partial charge in [0.25, 0.3) is 0 Å². The van der Waals surface area contributed by atoms with E-state index < -0.39 is 0 Å². The van der Waals surface area contributed by atoms with Crippen molar-refractivity contribution < 1.29 is 17.7 Å². The van der Waals surface area contributed by atoms with Crippen LogP contribution in [0.5, 0.6) is 0 Å². The molecule has 588 valence electrons. The van der Waals surface area contributed by atoms with E-state index in [0.717, 1.165) is 182 Å². The van der Waals surface area contributed by atoms with Crippen LogP contribution < -0.4 is 0 Å². The Morgan fingerprint density at radius 1 is 0.230 bits per heavy atom. The molecule has 0 unspecified atom stereocenters. The minimum Gasteiger partial charge on any atom is -0.455 e. The maximum atomic E-state index is 6.32. The predicted octanol–water partition coefficient (Wildman–Crippen LogP) is 31.3. The number of para-hydroxylation sites is 4. The summed E-state index contributed by atoms with van der Waals surface area (Å²) in [5.41, 5.74) is 28.8. The summed E-state index contributed by atoms with van der Waals surface area (Å²) in [7, 11) is 0. The molecule has 27 rings (SSSR count). The highest BCUT2D eigenvalue weighted by atomic mass is 32.1. The van der Waals surface area contributed by atoms with E-state index in [1.165, 1.54) is 58.7 Å². The summed E-state index contributed by atoms with van der Waals surface area (Å²) >= 11 is 1.86. The lowest BCUT2D eigenvalue weighted by molar-refractivity contribution is 0.653. The molecule has 12 heteroatoms. The third-order valence-corrected chi connectivity index (χ3v) is 25.8. The Balaban J connectivity index is 0.000000103. The van der Waals surface area contributed by atoms with Crippen molar-refractivity contribution in [3.8, 4) is 95.1 Å². The van der Waals surface area contributed by atoms with E-state index in [4.69, 9.17) is 32.6 Å². The number of hydrogen-bond donors (Lipinski definition) is 0. The number of nitrogens with zero attached hydrogens (tertiary/aromatic N) is 7. The first kappa shape index (κ1) is 72.1. The number of thiophene rings is 1. The molecule has 9 heterocycles. The summed E-state index contributed by atoms with van der Waals surface area (Å²) in [6, 6.07) is 136. The minimum absolute atomic E-state index is 0.550. The Labute approximate surface area is 723 Å². The van der Waals surface area contributed by atoms with Gasteiger partial charge in [-0.3, -0.25) is 0 Å². The zero-order chi connectivity index (χ0) is 82.9. The second-order valence-corrected chi connectivity index (χ2v) is 32.9. The van der Waals surface area contributed by atoms with Crippen LogP contribution in [0.4, 0.5) is 0 Å². The smallest absolute Gasteiger partial charge is 0.246 e. The number of benzene rings is 18. The minimum atomic E-state index is 0.550. The van der Waals surface area contributed by atoms with Gasteiger partial charge in [0.15, 0.2) is 0 Å². The van der Waals surface area contributed by atoms with E-state index in [9.17, 15) is 0 Å². The monoisotopic (exact) mass is 1630 g/mol. The Morgan fingerprint density at radius 2 is 0.579 bits per heavy atom. The van der Waals surface area contributed by atoms with Gasteiger partial charge >= 0.3 is 0 Å². The quantitative estimate of drug-likeness (QED) is 0.137. The van der Waals surface area contributed by atoms with Crippen molar-refractivity contribution in [2.24, 2.45) is 0 Å². The number of hydrogen-bond acceptors (Lipinski definition) is 11. The van der Waals surface area contributed by atoms with Crippen molar-refractivity contribution in [3.05, 3.63) is 407 Å². The topological polar surface area (TPSA) is 135 Å². The van der Waals surface area contributed by atoms with Crippen molar-refractivity contribution in [2.75, 3.05) is 0 Å². The van der Waals surface area contributed by atoms with Gasteiger partial charge in [-0.2, -0.15) is 0 Å². The first-order valence-corrected chi connectivity index (χ1v) is 42.9. The number of rotatable bonds is 9. The maximum absolute atomic E-state index is 6.32. The molecule has 0 aliphatic carbocycles. The molecule has 0 amide bonds. The highest BCUT2D eigenvalue weighted by molar-refractivity contribution is 7.26. The van der Waals surface area contributed by atoms with Crippen molar-refractivity contribution in [1.82, 2.24) is 34.5 Å². The summed E-state index contributed by atoms with van der Waals surface area (Å²) in [5.74, 6) is 0. The fourth-order valence-electron chi connectivity index (χ4n) is 18.6. The van der Waals surface area contributed by atoms with Gasteiger partial charge in [0.1, 0.15) is 44.5 Å². The molecular formula is C114H67N7O4S. The lowest BCUT2D eigenvalue weighted by Crippen LogP contribution is -1.94. The summed E-state index contributed by atoms with van der Waals surface area (Å²) in [4.78, 5) is 29.3. The van der Waals surface area contributed by atoms with Gasteiger partial charge in [0.05, 0.1) is 62.9 Å². The van der Waals surface area contributed by atoms with Crippen LogP contribution in [0.25, 0.3) is 258 Å². The molecule has 126 heavy (non-hydrogen) atoms. The molecule has 0 atom stereocenters. The Bertz CT molecular complexity index is 8710.